The van der Waals surface area contributed by atoms with Crippen LogP contribution in [0.5, 0.6) is 0 Å². The molecule has 0 bridgehead atoms. The molecule has 0 saturated heterocycles. The first kappa shape index (κ1) is 18.4. The van der Waals surface area contributed by atoms with E-state index in [4.69, 9.17) is 11.6 Å². The molecule has 0 fully saturated rings. The Bertz CT molecular complexity index is 1010. The summed E-state index contributed by atoms with van der Waals surface area (Å²) in [7, 11) is 0. The summed E-state index contributed by atoms with van der Waals surface area (Å²) in [5.41, 5.74) is 1.44. The quantitative estimate of drug-likeness (QED) is 0.356. The Hall–Kier alpha value is -2.44. The maximum Gasteiger partial charge on any atom is 0.146 e. The van der Waals surface area contributed by atoms with Gasteiger partial charge in [0.25, 0.3) is 0 Å². The van der Waals surface area contributed by atoms with Crippen LogP contribution in [0, 0.1) is 29.3 Å². The summed E-state index contributed by atoms with van der Waals surface area (Å²) in [5.74, 6) is 3.00. The van der Waals surface area contributed by atoms with Gasteiger partial charge in [-0.3, -0.25) is 0 Å². The standard InChI is InChI=1S/C22H16ClF3/c1-2-3-4-14-6-10-18-17(11-14)9-8-16(22(18)26)7-5-15-12-19(24)21(23)20(25)13-15/h6,8-13H,2-4H2,1H3. The molecule has 0 radical (unpaired) electrons. The first-order valence-electron chi connectivity index (χ1n) is 8.37. The number of rotatable bonds is 3. The van der Waals surface area contributed by atoms with E-state index in [1.807, 2.05) is 12.1 Å². The summed E-state index contributed by atoms with van der Waals surface area (Å²) in [5, 5.41) is 0.710. The Kier molecular flexibility index (Phi) is 5.54. The van der Waals surface area contributed by atoms with E-state index in [2.05, 4.69) is 18.8 Å². The minimum absolute atomic E-state index is 0.0961. The molecule has 4 heteroatoms. The highest BCUT2D eigenvalue weighted by molar-refractivity contribution is 6.30. The number of halogens is 4. The molecule has 0 nitrogen and oxygen atoms in total. The van der Waals surface area contributed by atoms with Gasteiger partial charge in [-0.05, 0) is 42.0 Å². The lowest BCUT2D eigenvalue weighted by molar-refractivity contribution is 0.583. The average molecular weight is 373 g/mol. The lowest BCUT2D eigenvalue weighted by atomic mass is 10.0. The van der Waals surface area contributed by atoms with Crippen molar-refractivity contribution in [3.8, 4) is 11.8 Å². The zero-order valence-electron chi connectivity index (χ0n) is 14.2. The van der Waals surface area contributed by atoms with Crippen LogP contribution in [0.2, 0.25) is 5.02 Å². The summed E-state index contributed by atoms with van der Waals surface area (Å²) >= 11 is 5.44. The molecule has 0 aromatic heterocycles. The smallest absolute Gasteiger partial charge is 0.146 e. The van der Waals surface area contributed by atoms with Crippen molar-refractivity contribution in [2.24, 2.45) is 0 Å². The number of fused-ring (bicyclic) bond motifs is 1. The lowest BCUT2D eigenvalue weighted by Crippen LogP contribution is -1.90. The molecule has 0 unspecified atom stereocenters. The zero-order valence-corrected chi connectivity index (χ0v) is 14.9. The van der Waals surface area contributed by atoms with Crippen LogP contribution in [0.4, 0.5) is 13.2 Å². The second-order valence-electron chi connectivity index (χ2n) is 6.09. The van der Waals surface area contributed by atoms with E-state index in [-0.39, 0.29) is 11.1 Å². The van der Waals surface area contributed by atoms with Gasteiger partial charge in [0.05, 0.1) is 5.56 Å². The first-order valence-corrected chi connectivity index (χ1v) is 8.75. The van der Waals surface area contributed by atoms with E-state index in [9.17, 15) is 13.2 Å². The van der Waals surface area contributed by atoms with Gasteiger partial charge in [0.2, 0.25) is 0 Å². The summed E-state index contributed by atoms with van der Waals surface area (Å²) < 4.78 is 41.6. The number of hydrogen-bond donors (Lipinski definition) is 0. The van der Waals surface area contributed by atoms with Gasteiger partial charge >= 0.3 is 0 Å². The van der Waals surface area contributed by atoms with Crippen molar-refractivity contribution in [3.05, 3.63) is 81.6 Å². The van der Waals surface area contributed by atoms with Crippen LogP contribution >= 0.6 is 11.6 Å². The Morgan fingerprint density at radius 1 is 0.923 bits per heavy atom. The van der Waals surface area contributed by atoms with Gasteiger partial charge in [-0.2, -0.15) is 0 Å². The van der Waals surface area contributed by atoms with E-state index in [1.54, 1.807) is 18.2 Å². The third kappa shape index (κ3) is 3.86. The van der Waals surface area contributed by atoms with E-state index in [1.165, 1.54) is 5.56 Å². The molecule has 0 aliphatic heterocycles. The number of aryl methyl sites for hydroxylation is 1. The first-order chi connectivity index (χ1) is 12.5. The largest absolute Gasteiger partial charge is 0.205 e. The summed E-state index contributed by atoms with van der Waals surface area (Å²) in [6, 6.07) is 11.1. The van der Waals surface area contributed by atoms with Gasteiger partial charge in [0, 0.05) is 10.9 Å². The molecule has 26 heavy (non-hydrogen) atoms. The summed E-state index contributed by atoms with van der Waals surface area (Å²) in [6.07, 6.45) is 3.15. The normalized spacial score (nSPS) is 10.7. The molecule has 0 aliphatic carbocycles. The third-order valence-corrected chi connectivity index (χ3v) is 4.52. The van der Waals surface area contributed by atoms with Crippen molar-refractivity contribution in [2.75, 3.05) is 0 Å². The van der Waals surface area contributed by atoms with Gasteiger partial charge < -0.3 is 0 Å². The molecule has 3 aromatic rings. The SMILES string of the molecule is CCCCc1ccc2c(F)c(C#Cc3cc(F)c(Cl)c(F)c3)ccc2c1. The monoisotopic (exact) mass is 372 g/mol. The average Bonchev–Trinajstić information content (AvgIpc) is 2.63. The van der Waals surface area contributed by atoms with Gasteiger partial charge in [0.15, 0.2) is 0 Å². The van der Waals surface area contributed by atoms with Gasteiger partial charge in [-0.25, -0.2) is 13.2 Å². The Labute approximate surface area is 155 Å². The number of hydrogen-bond acceptors (Lipinski definition) is 0. The molecular weight excluding hydrogens is 357 g/mol. The highest BCUT2D eigenvalue weighted by Gasteiger charge is 2.09. The molecular formula is C22H16ClF3. The van der Waals surface area contributed by atoms with Crippen LogP contribution in [0.1, 0.15) is 36.5 Å². The second-order valence-corrected chi connectivity index (χ2v) is 6.47. The van der Waals surface area contributed by atoms with Crippen molar-refractivity contribution >= 4 is 22.4 Å². The second kappa shape index (κ2) is 7.85. The van der Waals surface area contributed by atoms with Gasteiger partial charge in [0.1, 0.15) is 22.5 Å². The predicted molar refractivity (Wildman–Crippen MR) is 99.9 cm³/mol. The zero-order chi connectivity index (χ0) is 18.7. The fourth-order valence-electron chi connectivity index (χ4n) is 2.74. The molecule has 0 spiro atoms. The minimum atomic E-state index is -0.894. The highest BCUT2D eigenvalue weighted by atomic mass is 35.5. The Balaban J connectivity index is 1.96. The predicted octanol–water partition coefficient (Wildman–Crippen LogP) is 6.65. The van der Waals surface area contributed by atoms with Crippen molar-refractivity contribution in [1.29, 1.82) is 0 Å². The molecule has 0 N–H and O–H groups in total. The van der Waals surface area contributed by atoms with Crippen molar-refractivity contribution in [2.45, 2.75) is 26.2 Å². The maximum atomic E-state index is 14.7. The summed E-state index contributed by atoms with van der Waals surface area (Å²) in [4.78, 5) is 0. The van der Waals surface area contributed by atoms with Crippen molar-refractivity contribution in [3.63, 3.8) is 0 Å². The van der Waals surface area contributed by atoms with Crippen LogP contribution < -0.4 is 0 Å². The van der Waals surface area contributed by atoms with Crippen molar-refractivity contribution < 1.29 is 13.2 Å². The highest BCUT2D eigenvalue weighted by Crippen LogP contribution is 2.23. The molecule has 0 atom stereocenters. The summed E-state index contributed by atoms with van der Waals surface area (Å²) in [6.45, 7) is 2.13. The van der Waals surface area contributed by atoms with Crippen LogP contribution in [0.25, 0.3) is 10.8 Å². The fraction of sp³-hybridized carbons (Fsp3) is 0.182. The molecule has 0 heterocycles. The van der Waals surface area contributed by atoms with E-state index >= 15 is 0 Å². The molecule has 3 aromatic carbocycles. The Morgan fingerprint density at radius 3 is 2.35 bits per heavy atom. The topological polar surface area (TPSA) is 0 Å². The van der Waals surface area contributed by atoms with E-state index in [0.717, 1.165) is 36.8 Å². The molecule has 0 amide bonds. The molecule has 0 aliphatic rings. The van der Waals surface area contributed by atoms with Crippen LogP contribution in [-0.2, 0) is 6.42 Å². The number of unbranched alkanes of at least 4 members (excludes halogenated alkanes) is 1. The fourth-order valence-corrected chi connectivity index (χ4v) is 2.85. The molecule has 132 valence electrons. The molecule has 0 saturated carbocycles. The molecule has 3 rings (SSSR count). The van der Waals surface area contributed by atoms with Crippen LogP contribution in [-0.4, -0.2) is 0 Å². The van der Waals surface area contributed by atoms with E-state index < -0.39 is 22.5 Å². The third-order valence-electron chi connectivity index (χ3n) is 4.16. The van der Waals surface area contributed by atoms with Gasteiger partial charge in [-0.1, -0.05) is 61.1 Å². The van der Waals surface area contributed by atoms with Gasteiger partial charge in [-0.15, -0.1) is 0 Å². The number of benzene rings is 3. The van der Waals surface area contributed by atoms with Crippen LogP contribution in [0.3, 0.4) is 0 Å². The van der Waals surface area contributed by atoms with E-state index in [0.29, 0.717) is 5.39 Å². The Morgan fingerprint density at radius 2 is 1.65 bits per heavy atom. The lowest BCUT2D eigenvalue weighted by Gasteiger charge is -2.05. The maximum absolute atomic E-state index is 14.7. The van der Waals surface area contributed by atoms with Crippen molar-refractivity contribution in [1.82, 2.24) is 0 Å². The van der Waals surface area contributed by atoms with Crippen LogP contribution in [0.15, 0.2) is 42.5 Å². The minimum Gasteiger partial charge on any atom is -0.205 e.